The summed E-state index contributed by atoms with van der Waals surface area (Å²) >= 11 is 5.97. The third-order valence-corrected chi connectivity index (χ3v) is 6.08. The molecule has 1 aliphatic rings. The predicted molar refractivity (Wildman–Crippen MR) is 88.6 cm³/mol. The van der Waals surface area contributed by atoms with E-state index in [1.807, 2.05) is 0 Å². The fourth-order valence-electron chi connectivity index (χ4n) is 2.43. The maximum Gasteiger partial charge on any atom is 0.325 e. The van der Waals surface area contributed by atoms with Crippen LogP contribution in [0.5, 0.6) is 0 Å². The van der Waals surface area contributed by atoms with E-state index in [2.05, 4.69) is 5.32 Å². The van der Waals surface area contributed by atoms with Crippen LogP contribution in [0.4, 0.5) is 0 Å². The lowest BCUT2D eigenvalue weighted by molar-refractivity contribution is -0.138. The molecule has 1 fully saturated rings. The van der Waals surface area contributed by atoms with Crippen molar-refractivity contribution < 1.29 is 23.1 Å². The molecule has 0 radical (unpaired) electrons. The number of carboxylic acids is 1. The van der Waals surface area contributed by atoms with Gasteiger partial charge in [0, 0.05) is 13.1 Å². The van der Waals surface area contributed by atoms with E-state index < -0.39 is 27.9 Å². The number of rotatable bonds is 5. The Morgan fingerprint density at radius 1 is 1.25 bits per heavy atom. The monoisotopic (exact) mass is 374 g/mol. The van der Waals surface area contributed by atoms with Gasteiger partial charge in [-0.2, -0.15) is 4.31 Å². The van der Waals surface area contributed by atoms with Crippen LogP contribution >= 0.6 is 11.6 Å². The second-order valence-corrected chi connectivity index (χ2v) is 7.98. The minimum atomic E-state index is -3.70. The van der Waals surface area contributed by atoms with Gasteiger partial charge >= 0.3 is 5.97 Å². The van der Waals surface area contributed by atoms with Gasteiger partial charge in [0.15, 0.2) is 0 Å². The molecule has 0 bridgehead atoms. The highest BCUT2D eigenvalue weighted by Gasteiger charge is 2.27. The number of hydrogen-bond acceptors (Lipinski definition) is 4. The van der Waals surface area contributed by atoms with E-state index in [9.17, 15) is 18.0 Å². The number of carboxylic acid groups (broad SMARTS) is 1. The van der Waals surface area contributed by atoms with Gasteiger partial charge in [0.1, 0.15) is 6.04 Å². The summed E-state index contributed by atoms with van der Waals surface area (Å²) in [6.45, 7) is 2.20. The third-order valence-electron chi connectivity index (χ3n) is 3.85. The summed E-state index contributed by atoms with van der Waals surface area (Å²) in [5.74, 6) is -1.93. The summed E-state index contributed by atoms with van der Waals surface area (Å²) in [6.07, 6.45) is 2.60. The molecule has 0 spiro atoms. The molecule has 2 rings (SSSR count). The van der Waals surface area contributed by atoms with Gasteiger partial charge in [0.25, 0.3) is 5.91 Å². The molecule has 1 aromatic rings. The van der Waals surface area contributed by atoms with Crippen molar-refractivity contribution in [3.63, 3.8) is 0 Å². The van der Waals surface area contributed by atoms with Crippen molar-refractivity contribution in [1.82, 2.24) is 9.62 Å². The number of carbonyl (C=O) groups excluding carboxylic acids is 1. The lowest BCUT2D eigenvalue weighted by Gasteiger charge is -2.26. The fraction of sp³-hybridized carbons (Fsp3) is 0.467. The van der Waals surface area contributed by atoms with Crippen molar-refractivity contribution in [2.45, 2.75) is 37.1 Å². The summed E-state index contributed by atoms with van der Waals surface area (Å²) in [5, 5.41) is 11.2. The zero-order chi connectivity index (χ0) is 17.9. The zero-order valence-corrected chi connectivity index (χ0v) is 14.7. The Morgan fingerprint density at radius 2 is 1.88 bits per heavy atom. The van der Waals surface area contributed by atoms with E-state index >= 15 is 0 Å². The van der Waals surface area contributed by atoms with Gasteiger partial charge in [-0.25, -0.2) is 8.42 Å². The molecule has 2 N–H and O–H groups in total. The molecule has 1 aliphatic heterocycles. The van der Waals surface area contributed by atoms with Crippen molar-refractivity contribution in [2.24, 2.45) is 0 Å². The first-order valence-electron chi connectivity index (χ1n) is 7.57. The van der Waals surface area contributed by atoms with Crippen LogP contribution < -0.4 is 5.32 Å². The van der Waals surface area contributed by atoms with Crippen molar-refractivity contribution >= 4 is 33.5 Å². The summed E-state index contributed by atoms with van der Waals surface area (Å²) in [7, 11) is -3.70. The Labute approximate surface area is 145 Å². The number of nitrogens with zero attached hydrogens (tertiary/aromatic N) is 1. The van der Waals surface area contributed by atoms with E-state index in [1.54, 1.807) is 0 Å². The molecule has 0 aliphatic carbocycles. The molecule has 24 heavy (non-hydrogen) atoms. The van der Waals surface area contributed by atoms with Crippen molar-refractivity contribution in [1.29, 1.82) is 0 Å². The van der Waals surface area contributed by atoms with Crippen LogP contribution in [0.2, 0.25) is 5.02 Å². The van der Waals surface area contributed by atoms with E-state index in [-0.39, 0.29) is 15.5 Å². The molecule has 132 valence electrons. The highest BCUT2D eigenvalue weighted by molar-refractivity contribution is 7.89. The Hall–Kier alpha value is -1.64. The molecule has 1 saturated heterocycles. The average Bonchev–Trinajstić information content (AvgIpc) is 2.55. The summed E-state index contributed by atoms with van der Waals surface area (Å²) < 4.78 is 26.7. The highest BCUT2D eigenvalue weighted by atomic mass is 35.5. The molecular weight excluding hydrogens is 356 g/mol. The molecule has 7 nitrogen and oxygen atoms in total. The van der Waals surface area contributed by atoms with Crippen LogP contribution in [0.3, 0.4) is 0 Å². The quantitative estimate of drug-likeness (QED) is 0.816. The SMILES string of the molecule is CC(NC(=O)c1cc(S(=O)(=O)N2CCCCC2)ccc1Cl)C(=O)O. The highest BCUT2D eigenvalue weighted by Crippen LogP contribution is 2.25. The van der Waals surface area contributed by atoms with E-state index in [0.29, 0.717) is 13.1 Å². The number of aliphatic carboxylic acids is 1. The second kappa shape index (κ2) is 7.50. The Kier molecular flexibility index (Phi) is 5.84. The number of halogens is 1. The minimum absolute atomic E-state index is 0.0260. The largest absolute Gasteiger partial charge is 0.480 e. The Balaban J connectivity index is 2.31. The van der Waals surface area contributed by atoms with Crippen LogP contribution in [0.1, 0.15) is 36.5 Å². The van der Waals surface area contributed by atoms with Crippen LogP contribution in [0.15, 0.2) is 23.1 Å². The maximum absolute atomic E-state index is 12.7. The molecule has 0 aromatic heterocycles. The van der Waals surface area contributed by atoms with Gasteiger partial charge in [-0.3, -0.25) is 9.59 Å². The molecule has 1 aromatic carbocycles. The normalized spacial score (nSPS) is 17.2. The number of nitrogens with one attached hydrogen (secondary N) is 1. The molecule has 0 saturated carbocycles. The van der Waals surface area contributed by atoms with E-state index in [0.717, 1.165) is 19.3 Å². The maximum atomic E-state index is 12.7. The van der Waals surface area contributed by atoms with Gasteiger partial charge < -0.3 is 10.4 Å². The number of hydrogen-bond donors (Lipinski definition) is 2. The number of benzene rings is 1. The lowest BCUT2D eigenvalue weighted by Crippen LogP contribution is -2.38. The summed E-state index contributed by atoms with van der Waals surface area (Å²) in [6, 6.07) is 2.76. The van der Waals surface area contributed by atoms with Gasteiger partial charge in [-0.1, -0.05) is 18.0 Å². The van der Waals surface area contributed by atoms with Crippen molar-refractivity contribution in [3.8, 4) is 0 Å². The van der Waals surface area contributed by atoms with Crippen molar-refractivity contribution in [2.75, 3.05) is 13.1 Å². The zero-order valence-electron chi connectivity index (χ0n) is 13.2. The van der Waals surface area contributed by atoms with Gasteiger partial charge in [0.2, 0.25) is 10.0 Å². The van der Waals surface area contributed by atoms with E-state index in [4.69, 9.17) is 16.7 Å². The lowest BCUT2D eigenvalue weighted by atomic mass is 10.2. The van der Waals surface area contributed by atoms with Gasteiger partial charge in [-0.15, -0.1) is 0 Å². The molecule has 9 heteroatoms. The molecule has 1 heterocycles. The van der Waals surface area contributed by atoms with E-state index in [1.165, 1.54) is 29.4 Å². The Morgan fingerprint density at radius 3 is 2.46 bits per heavy atom. The first kappa shape index (κ1) is 18.7. The Bertz CT molecular complexity index is 744. The minimum Gasteiger partial charge on any atom is -0.480 e. The molecule has 1 unspecified atom stereocenters. The molecular formula is C15H19ClN2O5S. The van der Waals surface area contributed by atoms with Crippen LogP contribution in [0, 0.1) is 0 Å². The summed E-state index contributed by atoms with van der Waals surface area (Å²) in [4.78, 5) is 23.0. The topological polar surface area (TPSA) is 104 Å². The second-order valence-electron chi connectivity index (χ2n) is 5.64. The average molecular weight is 375 g/mol. The standard InChI is InChI=1S/C15H19ClN2O5S/c1-10(15(20)21)17-14(19)12-9-11(5-6-13(12)16)24(22,23)18-7-3-2-4-8-18/h5-6,9-10H,2-4,7-8H2,1H3,(H,17,19)(H,20,21). The van der Waals surface area contributed by atoms with Crippen LogP contribution in [-0.2, 0) is 14.8 Å². The molecule has 1 atom stereocenters. The first-order valence-corrected chi connectivity index (χ1v) is 9.38. The third kappa shape index (κ3) is 4.06. The number of carbonyl (C=O) groups is 2. The smallest absolute Gasteiger partial charge is 0.325 e. The molecule has 1 amide bonds. The fourth-order valence-corrected chi connectivity index (χ4v) is 4.18. The van der Waals surface area contributed by atoms with Crippen molar-refractivity contribution in [3.05, 3.63) is 28.8 Å². The van der Waals surface area contributed by atoms with Gasteiger partial charge in [0.05, 0.1) is 15.5 Å². The number of amides is 1. The number of piperidine rings is 1. The first-order chi connectivity index (χ1) is 11.2. The summed E-state index contributed by atoms with van der Waals surface area (Å²) in [5.41, 5.74) is -0.0668. The number of sulfonamides is 1. The van der Waals surface area contributed by atoms with Crippen LogP contribution in [0.25, 0.3) is 0 Å². The van der Waals surface area contributed by atoms with Gasteiger partial charge in [-0.05, 0) is 38.0 Å². The van der Waals surface area contributed by atoms with Crippen LogP contribution in [-0.4, -0.2) is 48.8 Å². The predicted octanol–water partition coefficient (Wildman–Crippen LogP) is 1.72.